The predicted molar refractivity (Wildman–Crippen MR) is 88.6 cm³/mol. The van der Waals surface area contributed by atoms with Crippen LogP contribution >= 0.6 is 0 Å². The van der Waals surface area contributed by atoms with Gasteiger partial charge in [-0.1, -0.05) is 13.8 Å². The lowest BCUT2D eigenvalue weighted by atomic mass is 10.0. The van der Waals surface area contributed by atoms with E-state index in [-0.39, 0.29) is 24.7 Å². The SMILES string of the molecule is CCOC(=O)C(=N)CC(=Nc1cc(C#N)ccc1OC)C(C)C. The van der Waals surface area contributed by atoms with E-state index in [4.69, 9.17) is 20.1 Å². The molecule has 1 rings (SSSR count). The van der Waals surface area contributed by atoms with Gasteiger partial charge in [-0.2, -0.15) is 5.26 Å². The first kappa shape index (κ1) is 18.4. The smallest absolute Gasteiger partial charge is 0.352 e. The average Bonchev–Trinajstić information content (AvgIpc) is 2.53. The highest BCUT2D eigenvalue weighted by molar-refractivity contribution is 6.39. The van der Waals surface area contributed by atoms with Gasteiger partial charge in [-0.15, -0.1) is 0 Å². The molecular formula is C17H21N3O3. The molecular weight excluding hydrogens is 294 g/mol. The number of benzene rings is 1. The highest BCUT2D eigenvalue weighted by atomic mass is 16.5. The standard InChI is InChI=1S/C17H21N3O3/c1-5-23-17(21)13(19)9-14(11(2)3)20-15-8-12(10-18)6-7-16(15)22-4/h6-8,11,19H,5,9H2,1-4H3. The van der Waals surface area contributed by atoms with E-state index in [9.17, 15) is 4.79 Å². The Balaban J connectivity index is 3.15. The van der Waals surface area contributed by atoms with Gasteiger partial charge in [0.2, 0.25) is 0 Å². The van der Waals surface area contributed by atoms with Gasteiger partial charge in [0.15, 0.2) is 0 Å². The Bertz CT molecular complexity index is 658. The Kier molecular flexibility index (Phi) is 6.94. The van der Waals surface area contributed by atoms with E-state index < -0.39 is 5.97 Å². The highest BCUT2D eigenvalue weighted by Crippen LogP contribution is 2.29. The van der Waals surface area contributed by atoms with Crippen LogP contribution in [0.1, 0.15) is 32.8 Å². The minimum atomic E-state index is -0.640. The van der Waals surface area contributed by atoms with Crippen molar-refractivity contribution in [2.45, 2.75) is 27.2 Å². The van der Waals surface area contributed by atoms with Crippen LogP contribution in [-0.4, -0.2) is 31.1 Å². The monoisotopic (exact) mass is 315 g/mol. The number of nitrogens with zero attached hydrogens (tertiary/aromatic N) is 2. The molecule has 0 amide bonds. The van der Waals surface area contributed by atoms with Gasteiger partial charge in [0, 0.05) is 12.1 Å². The third-order valence-electron chi connectivity index (χ3n) is 3.12. The topological polar surface area (TPSA) is 95.5 Å². The van der Waals surface area contributed by atoms with Crippen LogP contribution in [0.5, 0.6) is 5.75 Å². The molecule has 0 heterocycles. The third-order valence-corrected chi connectivity index (χ3v) is 3.12. The molecule has 0 radical (unpaired) electrons. The molecule has 122 valence electrons. The number of hydrogen-bond donors (Lipinski definition) is 1. The summed E-state index contributed by atoms with van der Waals surface area (Å²) >= 11 is 0. The zero-order chi connectivity index (χ0) is 17.4. The van der Waals surface area contributed by atoms with Crippen molar-refractivity contribution in [2.24, 2.45) is 10.9 Å². The predicted octanol–water partition coefficient (Wildman–Crippen LogP) is 3.27. The molecule has 1 N–H and O–H groups in total. The molecule has 0 saturated carbocycles. The number of rotatable bonds is 7. The normalized spacial score (nSPS) is 11.0. The van der Waals surface area contributed by atoms with E-state index in [0.717, 1.165) is 0 Å². The summed E-state index contributed by atoms with van der Waals surface area (Å²) in [6, 6.07) is 6.99. The fraction of sp³-hybridized carbons (Fsp3) is 0.412. The number of aliphatic imine (C=N–C) groups is 1. The summed E-state index contributed by atoms with van der Waals surface area (Å²) in [5.41, 5.74) is 1.48. The molecule has 0 fully saturated rings. The van der Waals surface area contributed by atoms with Crippen molar-refractivity contribution in [2.75, 3.05) is 13.7 Å². The van der Waals surface area contributed by atoms with Crippen LogP contribution in [0.4, 0.5) is 5.69 Å². The maximum Gasteiger partial charge on any atom is 0.352 e. The van der Waals surface area contributed by atoms with Crippen molar-refractivity contribution in [1.29, 1.82) is 10.7 Å². The van der Waals surface area contributed by atoms with Crippen molar-refractivity contribution in [3.8, 4) is 11.8 Å². The number of nitrogens with one attached hydrogen (secondary N) is 1. The second-order valence-corrected chi connectivity index (χ2v) is 5.13. The van der Waals surface area contributed by atoms with Crippen LogP contribution in [0.2, 0.25) is 0 Å². The van der Waals surface area contributed by atoms with Crippen molar-refractivity contribution in [3.05, 3.63) is 23.8 Å². The highest BCUT2D eigenvalue weighted by Gasteiger charge is 2.17. The zero-order valence-electron chi connectivity index (χ0n) is 13.8. The van der Waals surface area contributed by atoms with E-state index in [1.807, 2.05) is 13.8 Å². The van der Waals surface area contributed by atoms with Crippen LogP contribution in [0, 0.1) is 22.7 Å². The van der Waals surface area contributed by atoms with Gasteiger partial charge in [0.05, 0.1) is 25.3 Å². The Hall–Kier alpha value is -2.68. The zero-order valence-corrected chi connectivity index (χ0v) is 13.8. The lowest BCUT2D eigenvalue weighted by Crippen LogP contribution is -2.22. The van der Waals surface area contributed by atoms with Crippen molar-refractivity contribution in [1.82, 2.24) is 0 Å². The summed E-state index contributed by atoms with van der Waals surface area (Å²) in [4.78, 5) is 16.1. The third kappa shape index (κ3) is 5.22. The number of hydrogen-bond acceptors (Lipinski definition) is 6. The molecule has 0 aliphatic heterocycles. The van der Waals surface area contributed by atoms with Gasteiger partial charge in [0.1, 0.15) is 17.1 Å². The van der Waals surface area contributed by atoms with Crippen LogP contribution in [0.3, 0.4) is 0 Å². The molecule has 1 aromatic carbocycles. The average molecular weight is 315 g/mol. The van der Waals surface area contributed by atoms with Crippen molar-refractivity contribution < 1.29 is 14.3 Å². The maximum absolute atomic E-state index is 11.6. The molecule has 0 aliphatic rings. The lowest BCUT2D eigenvalue weighted by Gasteiger charge is -2.12. The van der Waals surface area contributed by atoms with E-state index >= 15 is 0 Å². The first-order valence-corrected chi connectivity index (χ1v) is 7.33. The summed E-state index contributed by atoms with van der Waals surface area (Å²) in [5.74, 6) is -0.0800. The first-order valence-electron chi connectivity index (χ1n) is 7.33. The summed E-state index contributed by atoms with van der Waals surface area (Å²) in [7, 11) is 1.52. The fourth-order valence-corrected chi connectivity index (χ4v) is 1.85. The molecule has 0 atom stereocenters. The van der Waals surface area contributed by atoms with Gasteiger partial charge in [-0.3, -0.25) is 10.4 Å². The molecule has 0 bridgehead atoms. The Morgan fingerprint density at radius 1 is 1.43 bits per heavy atom. The molecule has 0 spiro atoms. The van der Waals surface area contributed by atoms with Gasteiger partial charge in [0.25, 0.3) is 0 Å². The number of methoxy groups -OCH3 is 1. The second-order valence-electron chi connectivity index (χ2n) is 5.13. The minimum absolute atomic E-state index is 0.0280. The van der Waals surface area contributed by atoms with Gasteiger partial charge in [-0.25, -0.2) is 4.79 Å². The summed E-state index contributed by atoms with van der Waals surface area (Å²) in [6.07, 6.45) is 0.0937. The first-order chi connectivity index (χ1) is 10.9. The second kappa shape index (κ2) is 8.69. The molecule has 23 heavy (non-hydrogen) atoms. The van der Waals surface area contributed by atoms with Crippen LogP contribution in [-0.2, 0) is 9.53 Å². The molecule has 0 saturated heterocycles. The van der Waals surface area contributed by atoms with Gasteiger partial charge in [-0.05, 0) is 31.0 Å². The minimum Gasteiger partial charge on any atom is -0.494 e. The molecule has 1 aromatic rings. The van der Waals surface area contributed by atoms with E-state index in [1.165, 1.54) is 7.11 Å². The summed E-state index contributed by atoms with van der Waals surface area (Å²) in [5, 5.41) is 16.8. The lowest BCUT2D eigenvalue weighted by molar-refractivity contribution is -0.135. The summed E-state index contributed by atoms with van der Waals surface area (Å²) < 4.78 is 10.1. The van der Waals surface area contributed by atoms with Crippen LogP contribution < -0.4 is 4.74 Å². The Morgan fingerprint density at radius 3 is 2.65 bits per heavy atom. The maximum atomic E-state index is 11.6. The Morgan fingerprint density at radius 2 is 2.13 bits per heavy atom. The van der Waals surface area contributed by atoms with Gasteiger partial charge < -0.3 is 9.47 Å². The molecule has 6 heteroatoms. The Labute approximate surface area is 136 Å². The number of carbonyl (C=O) groups excluding carboxylic acids is 1. The van der Waals surface area contributed by atoms with Crippen LogP contribution in [0.15, 0.2) is 23.2 Å². The number of nitriles is 1. The quantitative estimate of drug-likeness (QED) is 0.617. The van der Waals surface area contributed by atoms with Crippen molar-refractivity contribution in [3.63, 3.8) is 0 Å². The largest absolute Gasteiger partial charge is 0.494 e. The number of carbonyl (C=O) groups is 1. The molecule has 0 aliphatic carbocycles. The van der Waals surface area contributed by atoms with Gasteiger partial charge >= 0.3 is 5.97 Å². The fourth-order valence-electron chi connectivity index (χ4n) is 1.85. The van der Waals surface area contributed by atoms with E-state index in [2.05, 4.69) is 11.1 Å². The molecule has 0 aromatic heterocycles. The molecule has 0 unspecified atom stereocenters. The number of ether oxygens (including phenoxy) is 2. The van der Waals surface area contributed by atoms with E-state index in [1.54, 1.807) is 25.1 Å². The van der Waals surface area contributed by atoms with Crippen molar-refractivity contribution >= 4 is 23.1 Å². The van der Waals surface area contributed by atoms with E-state index in [0.29, 0.717) is 22.7 Å². The van der Waals surface area contributed by atoms with Crippen LogP contribution in [0.25, 0.3) is 0 Å². The molecule has 6 nitrogen and oxygen atoms in total. The summed E-state index contributed by atoms with van der Waals surface area (Å²) in [6.45, 7) is 5.78. The number of esters is 1.